The van der Waals surface area contributed by atoms with Gasteiger partial charge in [-0.05, 0) is 49.4 Å². The molecule has 0 saturated carbocycles. The Morgan fingerprint density at radius 3 is 2.37 bits per heavy atom. The summed E-state index contributed by atoms with van der Waals surface area (Å²) >= 11 is 0. The van der Waals surface area contributed by atoms with Crippen LogP contribution in [0, 0.1) is 13.8 Å². The summed E-state index contributed by atoms with van der Waals surface area (Å²) in [6.45, 7) is 5.86. The first kappa shape index (κ1) is 13.5. The van der Waals surface area contributed by atoms with Crippen molar-refractivity contribution >= 4 is 5.78 Å². The van der Waals surface area contributed by atoms with E-state index < -0.39 is 0 Å². The molecule has 0 radical (unpaired) electrons. The highest BCUT2D eigenvalue weighted by Gasteiger charge is 2.07. The van der Waals surface area contributed by atoms with E-state index in [2.05, 4.69) is 56.3 Å². The van der Waals surface area contributed by atoms with E-state index in [0.717, 1.165) is 12.0 Å². The second kappa shape index (κ2) is 5.83. The van der Waals surface area contributed by atoms with E-state index in [1.807, 2.05) is 0 Å². The van der Waals surface area contributed by atoms with Gasteiger partial charge < -0.3 is 0 Å². The number of ketones is 1. The number of rotatable bonds is 4. The zero-order chi connectivity index (χ0) is 13.8. The molecule has 2 aromatic carbocycles. The first-order valence-electron chi connectivity index (χ1n) is 6.68. The third kappa shape index (κ3) is 3.54. The SMILES string of the molecule is CC(=O)Cc1cc(C)ccc1Cc1ccccc1C. The van der Waals surface area contributed by atoms with E-state index in [-0.39, 0.29) is 5.78 Å². The summed E-state index contributed by atoms with van der Waals surface area (Å²) in [5, 5.41) is 0. The normalized spacial score (nSPS) is 10.5. The van der Waals surface area contributed by atoms with Gasteiger partial charge in [-0.1, -0.05) is 48.0 Å². The van der Waals surface area contributed by atoms with Crippen molar-refractivity contribution in [2.24, 2.45) is 0 Å². The molecule has 0 unspecified atom stereocenters. The van der Waals surface area contributed by atoms with Gasteiger partial charge in [-0.2, -0.15) is 0 Å². The summed E-state index contributed by atoms with van der Waals surface area (Å²) in [4.78, 5) is 11.4. The highest BCUT2D eigenvalue weighted by atomic mass is 16.1. The van der Waals surface area contributed by atoms with Crippen LogP contribution in [0.2, 0.25) is 0 Å². The molecular weight excluding hydrogens is 232 g/mol. The van der Waals surface area contributed by atoms with E-state index >= 15 is 0 Å². The van der Waals surface area contributed by atoms with Gasteiger partial charge in [0, 0.05) is 6.42 Å². The molecule has 98 valence electrons. The predicted molar refractivity (Wildman–Crippen MR) is 79.5 cm³/mol. The fourth-order valence-electron chi connectivity index (χ4n) is 2.37. The fourth-order valence-corrected chi connectivity index (χ4v) is 2.37. The van der Waals surface area contributed by atoms with Crippen LogP contribution in [0.3, 0.4) is 0 Å². The van der Waals surface area contributed by atoms with Crippen LogP contribution in [0.5, 0.6) is 0 Å². The van der Waals surface area contributed by atoms with Crippen molar-refractivity contribution in [2.75, 3.05) is 0 Å². The lowest BCUT2D eigenvalue weighted by molar-refractivity contribution is -0.116. The van der Waals surface area contributed by atoms with E-state index in [9.17, 15) is 4.79 Å². The molecular formula is C18H20O. The van der Waals surface area contributed by atoms with Gasteiger partial charge >= 0.3 is 0 Å². The molecule has 0 N–H and O–H groups in total. The maximum absolute atomic E-state index is 11.4. The number of carbonyl (C=O) groups is 1. The molecule has 19 heavy (non-hydrogen) atoms. The van der Waals surface area contributed by atoms with Gasteiger partial charge in [-0.25, -0.2) is 0 Å². The predicted octanol–water partition coefficient (Wildman–Crippen LogP) is 4.03. The van der Waals surface area contributed by atoms with Crippen molar-refractivity contribution < 1.29 is 4.79 Å². The van der Waals surface area contributed by atoms with Gasteiger partial charge in [0.05, 0.1) is 0 Å². The summed E-state index contributed by atoms with van der Waals surface area (Å²) in [6.07, 6.45) is 1.43. The van der Waals surface area contributed by atoms with Crippen molar-refractivity contribution in [1.82, 2.24) is 0 Å². The summed E-state index contributed by atoms with van der Waals surface area (Å²) in [5.41, 5.74) is 6.27. The molecule has 0 bridgehead atoms. The molecule has 0 heterocycles. The topological polar surface area (TPSA) is 17.1 Å². The van der Waals surface area contributed by atoms with Gasteiger partial charge in [-0.15, -0.1) is 0 Å². The van der Waals surface area contributed by atoms with E-state index in [1.54, 1.807) is 6.92 Å². The van der Waals surface area contributed by atoms with Crippen LogP contribution in [0.1, 0.15) is 34.7 Å². The Kier molecular flexibility index (Phi) is 4.16. The Labute approximate surface area is 115 Å². The van der Waals surface area contributed by atoms with Gasteiger partial charge in [-0.3, -0.25) is 4.79 Å². The Morgan fingerprint density at radius 1 is 0.947 bits per heavy atom. The van der Waals surface area contributed by atoms with Crippen molar-refractivity contribution in [3.8, 4) is 0 Å². The highest BCUT2D eigenvalue weighted by Crippen LogP contribution is 2.19. The highest BCUT2D eigenvalue weighted by molar-refractivity contribution is 5.78. The largest absolute Gasteiger partial charge is 0.300 e. The zero-order valence-electron chi connectivity index (χ0n) is 11.9. The summed E-state index contributed by atoms with van der Waals surface area (Å²) < 4.78 is 0. The number of carbonyl (C=O) groups excluding carboxylic acids is 1. The molecule has 2 rings (SSSR count). The molecule has 0 aliphatic carbocycles. The Balaban J connectivity index is 2.34. The Bertz CT molecular complexity index is 596. The second-order valence-electron chi connectivity index (χ2n) is 5.25. The van der Waals surface area contributed by atoms with Crippen LogP contribution < -0.4 is 0 Å². The second-order valence-corrected chi connectivity index (χ2v) is 5.25. The number of hydrogen-bond acceptors (Lipinski definition) is 1. The minimum atomic E-state index is 0.219. The molecule has 0 amide bonds. The quantitative estimate of drug-likeness (QED) is 0.803. The molecule has 0 aliphatic heterocycles. The minimum absolute atomic E-state index is 0.219. The van der Waals surface area contributed by atoms with Crippen LogP contribution in [-0.2, 0) is 17.6 Å². The van der Waals surface area contributed by atoms with Crippen molar-refractivity contribution in [1.29, 1.82) is 0 Å². The first-order chi connectivity index (χ1) is 9.06. The average molecular weight is 252 g/mol. The average Bonchev–Trinajstić information content (AvgIpc) is 2.34. The molecule has 0 fully saturated rings. The molecule has 1 nitrogen and oxygen atoms in total. The van der Waals surface area contributed by atoms with Crippen molar-refractivity contribution in [2.45, 2.75) is 33.6 Å². The van der Waals surface area contributed by atoms with Crippen molar-refractivity contribution in [3.63, 3.8) is 0 Å². The van der Waals surface area contributed by atoms with E-state index in [1.165, 1.54) is 22.3 Å². The number of benzene rings is 2. The third-order valence-corrected chi connectivity index (χ3v) is 3.44. The number of hydrogen-bond donors (Lipinski definition) is 0. The smallest absolute Gasteiger partial charge is 0.134 e. The molecule has 0 aliphatic rings. The number of Topliss-reactive ketones (excluding diaryl/α,β-unsaturated/α-hetero) is 1. The minimum Gasteiger partial charge on any atom is -0.300 e. The maximum Gasteiger partial charge on any atom is 0.134 e. The molecule has 0 saturated heterocycles. The Hall–Kier alpha value is -1.89. The lowest BCUT2D eigenvalue weighted by Crippen LogP contribution is -2.03. The van der Waals surface area contributed by atoms with Crippen LogP contribution in [-0.4, -0.2) is 5.78 Å². The van der Waals surface area contributed by atoms with E-state index in [4.69, 9.17) is 0 Å². The monoisotopic (exact) mass is 252 g/mol. The summed E-state index contributed by atoms with van der Waals surface area (Å²) in [7, 11) is 0. The van der Waals surface area contributed by atoms with Crippen LogP contribution in [0.4, 0.5) is 0 Å². The molecule has 0 atom stereocenters. The van der Waals surface area contributed by atoms with Crippen LogP contribution in [0.25, 0.3) is 0 Å². The van der Waals surface area contributed by atoms with Crippen LogP contribution >= 0.6 is 0 Å². The summed E-state index contributed by atoms with van der Waals surface area (Å²) in [5.74, 6) is 0.219. The summed E-state index contributed by atoms with van der Waals surface area (Å²) in [6, 6.07) is 14.8. The maximum atomic E-state index is 11.4. The van der Waals surface area contributed by atoms with Crippen LogP contribution in [0.15, 0.2) is 42.5 Å². The Morgan fingerprint density at radius 2 is 1.68 bits per heavy atom. The molecule has 2 aromatic rings. The lowest BCUT2D eigenvalue weighted by Gasteiger charge is -2.11. The number of aryl methyl sites for hydroxylation is 2. The molecule has 0 spiro atoms. The van der Waals surface area contributed by atoms with Gasteiger partial charge in [0.2, 0.25) is 0 Å². The lowest BCUT2D eigenvalue weighted by atomic mass is 9.93. The third-order valence-electron chi connectivity index (χ3n) is 3.44. The molecule has 1 heteroatoms. The molecule has 0 aromatic heterocycles. The standard InChI is InChI=1S/C18H20O/c1-13-8-9-17(18(10-13)11-15(3)19)12-16-7-5-4-6-14(16)2/h4-10H,11-12H2,1-3H3. The first-order valence-corrected chi connectivity index (χ1v) is 6.68. The zero-order valence-corrected chi connectivity index (χ0v) is 11.9. The van der Waals surface area contributed by atoms with Gasteiger partial charge in [0.15, 0.2) is 0 Å². The van der Waals surface area contributed by atoms with Crippen molar-refractivity contribution in [3.05, 3.63) is 70.3 Å². The fraction of sp³-hybridized carbons (Fsp3) is 0.278. The van der Waals surface area contributed by atoms with E-state index in [0.29, 0.717) is 6.42 Å². The van der Waals surface area contributed by atoms with Gasteiger partial charge in [0.1, 0.15) is 5.78 Å². The van der Waals surface area contributed by atoms with Gasteiger partial charge in [0.25, 0.3) is 0 Å².